The Bertz CT molecular complexity index is 417. The molecule has 1 aliphatic rings. The maximum absolute atomic E-state index is 11.9. The summed E-state index contributed by atoms with van der Waals surface area (Å²) < 4.78 is 5.30. The van der Waals surface area contributed by atoms with E-state index in [1.54, 1.807) is 18.3 Å². The van der Waals surface area contributed by atoms with Crippen molar-refractivity contribution in [3.63, 3.8) is 0 Å². The van der Waals surface area contributed by atoms with Gasteiger partial charge in [0.25, 0.3) is 5.91 Å². The van der Waals surface area contributed by atoms with Crippen LogP contribution in [-0.2, 0) is 11.3 Å². The molecule has 1 aliphatic heterocycles. The summed E-state index contributed by atoms with van der Waals surface area (Å²) in [6, 6.07) is 3.27. The number of hydrogen-bond acceptors (Lipinski definition) is 4. The SMILES string of the molecule is O=C(NCCC1CCOCC1)c1ccnc(CO)c1. The van der Waals surface area contributed by atoms with Crippen molar-refractivity contribution in [1.29, 1.82) is 0 Å². The zero-order valence-corrected chi connectivity index (χ0v) is 11.0. The Morgan fingerprint density at radius 3 is 3.00 bits per heavy atom. The third kappa shape index (κ3) is 4.29. The molecule has 19 heavy (non-hydrogen) atoms. The second kappa shape index (κ2) is 7.21. The molecule has 0 atom stereocenters. The second-order valence-electron chi connectivity index (χ2n) is 4.79. The molecule has 1 fully saturated rings. The van der Waals surface area contributed by atoms with Gasteiger partial charge in [-0.2, -0.15) is 0 Å². The number of aliphatic hydroxyl groups excluding tert-OH is 1. The molecule has 1 aromatic rings. The lowest BCUT2D eigenvalue weighted by atomic mass is 9.97. The van der Waals surface area contributed by atoms with Gasteiger partial charge in [0.2, 0.25) is 0 Å². The van der Waals surface area contributed by atoms with Crippen molar-refractivity contribution in [2.75, 3.05) is 19.8 Å². The fourth-order valence-electron chi connectivity index (χ4n) is 2.23. The van der Waals surface area contributed by atoms with E-state index >= 15 is 0 Å². The zero-order chi connectivity index (χ0) is 13.5. The smallest absolute Gasteiger partial charge is 0.251 e. The second-order valence-corrected chi connectivity index (χ2v) is 4.79. The Hall–Kier alpha value is -1.46. The molecule has 0 radical (unpaired) electrons. The number of pyridine rings is 1. The highest BCUT2D eigenvalue weighted by atomic mass is 16.5. The zero-order valence-electron chi connectivity index (χ0n) is 11.0. The number of rotatable bonds is 5. The molecule has 0 saturated carbocycles. The summed E-state index contributed by atoms with van der Waals surface area (Å²) >= 11 is 0. The normalized spacial score (nSPS) is 16.3. The number of amides is 1. The Morgan fingerprint density at radius 2 is 2.26 bits per heavy atom. The van der Waals surface area contributed by atoms with Crippen LogP contribution < -0.4 is 5.32 Å². The molecule has 0 spiro atoms. The summed E-state index contributed by atoms with van der Waals surface area (Å²) in [5.41, 5.74) is 1.06. The quantitative estimate of drug-likeness (QED) is 0.836. The van der Waals surface area contributed by atoms with Gasteiger partial charge in [0.15, 0.2) is 0 Å². The van der Waals surface area contributed by atoms with Gasteiger partial charge in [-0.25, -0.2) is 0 Å². The fraction of sp³-hybridized carbons (Fsp3) is 0.571. The molecule has 1 amide bonds. The molecular weight excluding hydrogens is 244 g/mol. The van der Waals surface area contributed by atoms with Gasteiger partial charge in [-0.05, 0) is 37.3 Å². The molecule has 2 heterocycles. The van der Waals surface area contributed by atoms with Crippen molar-refractivity contribution < 1.29 is 14.6 Å². The van der Waals surface area contributed by atoms with Crippen LogP contribution in [0.5, 0.6) is 0 Å². The number of hydrogen-bond donors (Lipinski definition) is 2. The predicted molar refractivity (Wildman–Crippen MR) is 70.7 cm³/mol. The van der Waals surface area contributed by atoms with Gasteiger partial charge < -0.3 is 15.2 Å². The van der Waals surface area contributed by atoms with E-state index in [0.29, 0.717) is 23.7 Å². The Labute approximate surface area is 113 Å². The summed E-state index contributed by atoms with van der Waals surface area (Å²) in [5, 5.41) is 11.9. The number of nitrogens with zero attached hydrogens (tertiary/aromatic N) is 1. The summed E-state index contributed by atoms with van der Waals surface area (Å²) in [4.78, 5) is 15.9. The average molecular weight is 264 g/mol. The van der Waals surface area contributed by atoms with Crippen LogP contribution in [0.3, 0.4) is 0 Å². The van der Waals surface area contributed by atoms with Gasteiger partial charge in [0.1, 0.15) is 0 Å². The highest BCUT2D eigenvalue weighted by Crippen LogP contribution is 2.17. The summed E-state index contributed by atoms with van der Waals surface area (Å²) in [6.07, 6.45) is 4.70. The molecule has 5 nitrogen and oxygen atoms in total. The molecule has 5 heteroatoms. The van der Waals surface area contributed by atoms with Crippen molar-refractivity contribution in [3.05, 3.63) is 29.6 Å². The lowest BCUT2D eigenvalue weighted by Gasteiger charge is -2.21. The van der Waals surface area contributed by atoms with E-state index < -0.39 is 0 Å². The number of aliphatic hydroxyl groups is 1. The molecule has 104 valence electrons. The molecule has 1 aromatic heterocycles. The topological polar surface area (TPSA) is 71.5 Å². The van der Waals surface area contributed by atoms with Crippen LogP contribution >= 0.6 is 0 Å². The number of nitrogens with one attached hydrogen (secondary N) is 1. The van der Waals surface area contributed by atoms with E-state index in [1.165, 1.54) is 0 Å². The van der Waals surface area contributed by atoms with E-state index in [9.17, 15) is 4.79 Å². The van der Waals surface area contributed by atoms with Crippen LogP contribution in [-0.4, -0.2) is 35.8 Å². The Balaban J connectivity index is 1.77. The van der Waals surface area contributed by atoms with Crippen LogP contribution in [0.25, 0.3) is 0 Å². The van der Waals surface area contributed by atoms with Crippen LogP contribution in [0.2, 0.25) is 0 Å². The first-order valence-corrected chi connectivity index (χ1v) is 6.71. The van der Waals surface area contributed by atoms with Crippen LogP contribution in [0, 0.1) is 5.92 Å². The van der Waals surface area contributed by atoms with Crippen molar-refractivity contribution in [3.8, 4) is 0 Å². The molecule has 0 aromatic carbocycles. The first kappa shape index (κ1) is 14.0. The van der Waals surface area contributed by atoms with Crippen LogP contribution in [0.4, 0.5) is 0 Å². The minimum absolute atomic E-state index is 0.107. The first-order valence-electron chi connectivity index (χ1n) is 6.71. The van der Waals surface area contributed by atoms with Crippen molar-refractivity contribution in [2.24, 2.45) is 5.92 Å². The van der Waals surface area contributed by atoms with E-state index in [1.807, 2.05) is 0 Å². The fourth-order valence-corrected chi connectivity index (χ4v) is 2.23. The molecular formula is C14H20N2O3. The van der Waals surface area contributed by atoms with Gasteiger partial charge in [-0.15, -0.1) is 0 Å². The van der Waals surface area contributed by atoms with Crippen LogP contribution in [0.15, 0.2) is 18.3 Å². The minimum Gasteiger partial charge on any atom is -0.390 e. The van der Waals surface area contributed by atoms with Gasteiger partial charge in [0.05, 0.1) is 12.3 Å². The predicted octanol–water partition coefficient (Wildman–Crippen LogP) is 1.12. The van der Waals surface area contributed by atoms with Crippen molar-refractivity contribution in [2.45, 2.75) is 25.9 Å². The minimum atomic E-state index is -0.150. The number of ether oxygens (including phenoxy) is 1. The lowest BCUT2D eigenvalue weighted by Crippen LogP contribution is -2.27. The molecule has 2 rings (SSSR count). The third-order valence-electron chi connectivity index (χ3n) is 3.42. The highest BCUT2D eigenvalue weighted by molar-refractivity contribution is 5.94. The van der Waals surface area contributed by atoms with Crippen molar-refractivity contribution in [1.82, 2.24) is 10.3 Å². The number of aromatic nitrogens is 1. The largest absolute Gasteiger partial charge is 0.390 e. The first-order chi connectivity index (χ1) is 9.29. The van der Waals surface area contributed by atoms with Gasteiger partial charge >= 0.3 is 0 Å². The van der Waals surface area contributed by atoms with E-state index in [-0.39, 0.29) is 12.5 Å². The number of carbonyl (C=O) groups excluding carboxylic acids is 1. The lowest BCUT2D eigenvalue weighted by molar-refractivity contribution is 0.0636. The van der Waals surface area contributed by atoms with E-state index in [4.69, 9.17) is 9.84 Å². The van der Waals surface area contributed by atoms with Gasteiger partial charge in [-0.3, -0.25) is 9.78 Å². The third-order valence-corrected chi connectivity index (χ3v) is 3.42. The van der Waals surface area contributed by atoms with E-state index in [2.05, 4.69) is 10.3 Å². The van der Waals surface area contributed by atoms with Gasteiger partial charge in [-0.1, -0.05) is 0 Å². The highest BCUT2D eigenvalue weighted by Gasteiger charge is 2.14. The molecule has 0 aliphatic carbocycles. The Kier molecular flexibility index (Phi) is 5.30. The standard InChI is InChI=1S/C14H20N2O3/c17-10-13-9-12(2-6-15-13)14(18)16-5-1-11-3-7-19-8-4-11/h2,6,9,11,17H,1,3-5,7-8,10H2,(H,16,18). The summed E-state index contributed by atoms with van der Waals surface area (Å²) in [6.45, 7) is 2.20. The molecule has 0 unspecified atom stereocenters. The summed E-state index contributed by atoms with van der Waals surface area (Å²) in [7, 11) is 0. The molecule has 0 bridgehead atoms. The Morgan fingerprint density at radius 1 is 1.47 bits per heavy atom. The monoisotopic (exact) mass is 264 g/mol. The van der Waals surface area contributed by atoms with Crippen molar-refractivity contribution >= 4 is 5.91 Å². The van der Waals surface area contributed by atoms with Gasteiger partial charge in [0, 0.05) is 31.5 Å². The molecule has 1 saturated heterocycles. The van der Waals surface area contributed by atoms with E-state index in [0.717, 1.165) is 32.5 Å². The number of carbonyl (C=O) groups is 1. The van der Waals surface area contributed by atoms with Crippen LogP contribution in [0.1, 0.15) is 35.3 Å². The average Bonchev–Trinajstić information content (AvgIpc) is 2.48. The summed E-state index contributed by atoms with van der Waals surface area (Å²) in [5.74, 6) is 0.545. The molecule has 2 N–H and O–H groups in total. The maximum Gasteiger partial charge on any atom is 0.251 e. The maximum atomic E-state index is 11.9.